The third kappa shape index (κ3) is 1.77. The van der Waals surface area contributed by atoms with E-state index in [0.717, 1.165) is 12.1 Å². The molecule has 0 spiro atoms. The number of anilines is 1. The van der Waals surface area contributed by atoms with Gasteiger partial charge in [0.1, 0.15) is 0 Å². The lowest BCUT2D eigenvalue weighted by Gasteiger charge is -2.07. The van der Waals surface area contributed by atoms with Gasteiger partial charge in [-0.15, -0.1) is 11.8 Å². The highest BCUT2D eigenvalue weighted by atomic mass is 32.2. The lowest BCUT2D eigenvalue weighted by molar-refractivity contribution is -0.114. The molecule has 0 saturated carbocycles. The molecular formula is C11H13NOS. The number of thioether (sulfide) groups is 1. The Balaban J connectivity index is 2.34. The number of carbonyl (C=O) groups is 1. The van der Waals surface area contributed by atoms with Crippen LogP contribution in [-0.2, 0) is 11.2 Å². The molecule has 1 unspecified atom stereocenters. The van der Waals surface area contributed by atoms with E-state index in [0.29, 0.717) is 5.25 Å². The maximum atomic E-state index is 11.0. The second-order valence-corrected chi connectivity index (χ2v) is 5.06. The number of benzene rings is 1. The third-order valence-electron chi connectivity index (χ3n) is 2.23. The van der Waals surface area contributed by atoms with Crippen LogP contribution in [0.2, 0.25) is 0 Å². The monoisotopic (exact) mass is 207 g/mol. The lowest BCUT2D eigenvalue weighted by Crippen LogP contribution is -2.06. The SMILES string of the molecule is CC(=O)Nc1cccc2c1SC(C)C2. The smallest absolute Gasteiger partial charge is 0.221 e. The van der Waals surface area contributed by atoms with Crippen LogP contribution in [0.3, 0.4) is 0 Å². The fraction of sp³-hybridized carbons (Fsp3) is 0.364. The number of hydrogen-bond donors (Lipinski definition) is 1. The second-order valence-electron chi connectivity index (χ2n) is 3.61. The summed E-state index contributed by atoms with van der Waals surface area (Å²) in [6.45, 7) is 3.75. The average molecular weight is 207 g/mol. The predicted octanol–water partition coefficient (Wildman–Crippen LogP) is 2.68. The molecule has 3 heteroatoms. The van der Waals surface area contributed by atoms with Crippen LogP contribution in [0.15, 0.2) is 23.1 Å². The fourth-order valence-electron chi connectivity index (χ4n) is 1.73. The number of nitrogens with one attached hydrogen (secondary N) is 1. The van der Waals surface area contributed by atoms with Crippen LogP contribution >= 0.6 is 11.8 Å². The van der Waals surface area contributed by atoms with E-state index in [-0.39, 0.29) is 5.91 Å². The summed E-state index contributed by atoms with van der Waals surface area (Å²) in [4.78, 5) is 12.2. The van der Waals surface area contributed by atoms with Crippen LogP contribution in [-0.4, -0.2) is 11.2 Å². The quantitative estimate of drug-likeness (QED) is 0.767. The Morgan fingerprint density at radius 3 is 3.07 bits per heavy atom. The molecule has 1 aromatic carbocycles. The number of amides is 1. The Morgan fingerprint density at radius 2 is 2.36 bits per heavy atom. The van der Waals surface area contributed by atoms with Crippen molar-refractivity contribution in [3.63, 3.8) is 0 Å². The van der Waals surface area contributed by atoms with Crippen molar-refractivity contribution < 1.29 is 4.79 Å². The van der Waals surface area contributed by atoms with Crippen molar-refractivity contribution in [2.24, 2.45) is 0 Å². The highest BCUT2D eigenvalue weighted by Crippen LogP contribution is 2.41. The van der Waals surface area contributed by atoms with Gasteiger partial charge in [0, 0.05) is 17.1 Å². The van der Waals surface area contributed by atoms with Crippen LogP contribution in [0, 0.1) is 0 Å². The van der Waals surface area contributed by atoms with Gasteiger partial charge in [-0.2, -0.15) is 0 Å². The Bertz CT molecular complexity index is 376. The maximum absolute atomic E-state index is 11.0. The molecule has 1 atom stereocenters. The summed E-state index contributed by atoms with van der Waals surface area (Å²) in [5.74, 6) is -0.00134. The van der Waals surface area contributed by atoms with Gasteiger partial charge >= 0.3 is 0 Å². The molecule has 1 aliphatic rings. The second kappa shape index (κ2) is 3.65. The van der Waals surface area contributed by atoms with Crippen molar-refractivity contribution in [2.75, 3.05) is 5.32 Å². The molecule has 0 fully saturated rings. The normalized spacial score (nSPS) is 19.1. The Labute approximate surface area is 88.1 Å². The van der Waals surface area contributed by atoms with Crippen LogP contribution in [0.1, 0.15) is 19.4 Å². The van der Waals surface area contributed by atoms with Crippen LogP contribution in [0.25, 0.3) is 0 Å². The van der Waals surface area contributed by atoms with Gasteiger partial charge in [0.25, 0.3) is 0 Å². The van der Waals surface area contributed by atoms with E-state index < -0.39 is 0 Å². The van der Waals surface area contributed by atoms with E-state index in [1.54, 1.807) is 6.92 Å². The van der Waals surface area contributed by atoms with Gasteiger partial charge in [-0.25, -0.2) is 0 Å². The molecule has 0 bridgehead atoms. The van der Waals surface area contributed by atoms with Gasteiger partial charge in [0.05, 0.1) is 5.69 Å². The minimum atomic E-state index is -0.00134. The van der Waals surface area contributed by atoms with E-state index >= 15 is 0 Å². The van der Waals surface area contributed by atoms with Crippen LogP contribution < -0.4 is 5.32 Å². The Kier molecular flexibility index (Phi) is 2.50. The fourth-order valence-corrected chi connectivity index (χ4v) is 2.94. The Morgan fingerprint density at radius 1 is 1.57 bits per heavy atom. The molecule has 0 aromatic heterocycles. The van der Waals surface area contributed by atoms with Crippen LogP contribution in [0.4, 0.5) is 5.69 Å². The van der Waals surface area contributed by atoms with Gasteiger partial charge in [0.2, 0.25) is 5.91 Å². The third-order valence-corrected chi connectivity index (χ3v) is 3.52. The van der Waals surface area contributed by atoms with Crippen molar-refractivity contribution in [3.8, 4) is 0 Å². The molecule has 0 radical (unpaired) electrons. The number of hydrogen-bond acceptors (Lipinski definition) is 2. The molecule has 1 aromatic rings. The molecule has 1 N–H and O–H groups in total. The van der Waals surface area contributed by atoms with Gasteiger partial charge < -0.3 is 5.32 Å². The van der Waals surface area contributed by atoms with Crippen molar-refractivity contribution in [2.45, 2.75) is 30.4 Å². The summed E-state index contributed by atoms with van der Waals surface area (Å²) in [5, 5.41) is 3.49. The van der Waals surface area contributed by atoms with Crippen molar-refractivity contribution >= 4 is 23.4 Å². The topological polar surface area (TPSA) is 29.1 Å². The summed E-state index contributed by atoms with van der Waals surface area (Å²) in [5.41, 5.74) is 2.32. The minimum absolute atomic E-state index is 0.00134. The zero-order chi connectivity index (χ0) is 10.1. The molecule has 2 rings (SSSR count). The summed E-state index contributed by atoms with van der Waals surface area (Å²) in [7, 11) is 0. The predicted molar refractivity (Wildman–Crippen MR) is 59.8 cm³/mol. The van der Waals surface area contributed by atoms with Crippen molar-refractivity contribution in [3.05, 3.63) is 23.8 Å². The van der Waals surface area contributed by atoms with Crippen molar-refractivity contribution in [1.82, 2.24) is 0 Å². The maximum Gasteiger partial charge on any atom is 0.221 e. The highest BCUT2D eigenvalue weighted by molar-refractivity contribution is 8.00. The van der Waals surface area contributed by atoms with E-state index in [1.165, 1.54) is 10.5 Å². The summed E-state index contributed by atoms with van der Waals surface area (Å²) in [6.07, 6.45) is 1.10. The zero-order valence-electron chi connectivity index (χ0n) is 8.33. The van der Waals surface area contributed by atoms with Gasteiger partial charge in [0.15, 0.2) is 0 Å². The van der Waals surface area contributed by atoms with Gasteiger partial charge in [-0.05, 0) is 18.1 Å². The molecule has 2 nitrogen and oxygen atoms in total. The first kappa shape index (κ1) is 9.59. The summed E-state index contributed by atoms with van der Waals surface area (Å²) >= 11 is 1.84. The largest absolute Gasteiger partial charge is 0.325 e. The molecule has 0 aliphatic carbocycles. The average Bonchev–Trinajstić information content (AvgIpc) is 2.45. The van der Waals surface area contributed by atoms with E-state index in [2.05, 4.69) is 18.3 Å². The van der Waals surface area contributed by atoms with Gasteiger partial charge in [-0.3, -0.25) is 4.79 Å². The molecular weight excluding hydrogens is 194 g/mol. The summed E-state index contributed by atoms with van der Waals surface area (Å²) < 4.78 is 0. The van der Waals surface area contributed by atoms with E-state index in [1.807, 2.05) is 23.9 Å². The summed E-state index contributed by atoms with van der Waals surface area (Å²) in [6, 6.07) is 6.10. The van der Waals surface area contributed by atoms with Crippen LogP contribution in [0.5, 0.6) is 0 Å². The number of carbonyl (C=O) groups excluding carboxylic acids is 1. The number of rotatable bonds is 1. The Hall–Kier alpha value is -0.960. The molecule has 1 aliphatic heterocycles. The van der Waals surface area contributed by atoms with Gasteiger partial charge in [-0.1, -0.05) is 19.1 Å². The first-order valence-corrected chi connectivity index (χ1v) is 5.61. The lowest BCUT2D eigenvalue weighted by atomic mass is 10.1. The zero-order valence-corrected chi connectivity index (χ0v) is 9.15. The first-order valence-electron chi connectivity index (χ1n) is 4.73. The number of fused-ring (bicyclic) bond motifs is 1. The van der Waals surface area contributed by atoms with E-state index in [9.17, 15) is 4.79 Å². The minimum Gasteiger partial charge on any atom is -0.325 e. The molecule has 1 heterocycles. The first-order chi connectivity index (χ1) is 6.66. The van der Waals surface area contributed by atoms with Crippen molar-refractivity contribution in [1.29, 1.82) is 0 Å². The molecule has 14 heavy (non-hydrogen) atoms. The standard InChI is InChI=1S/C11H13NOS/c1-7-6-9-4-3-5-10(11(9)14-7)12-8(2)13/h3-5,7H,6H2,1-2H3,(H,12,13). The van der Waals surface area contributed by atoms with E-state index in [4.69, 9.17) is 0 Å². The molecule has 74 valence electrons. The highest BCUT2D eigenvalue weighted by Gasteiger charge is 2.21. The molecule has 0 saturated heterocycles. The molecule has 1 amide bonds.